The van der Waals surface area contributed by atoms with Crippen LogP contribution in [0.3, 0.4) is 0 Å². The minimum atomic E-state index is -0.444. The summed E-state index contributed by atoms with van der Waals surface area (Å²) < 4.78 is 0. The molecule has 2 aromatic heterocycles. The molecule has 3 N–H and O–H groups in total. The molecule has 0 bridgehead atoms. The van der Waals surface area contributed by atoms with E-state index in [-0.39, 0.29) is 26.0 Å². The summed E-state index contributed by atoms with van der Waals surface area (Å²) >= 11 is 1.47. The van der Waals surface area contributed by atoms with Gasteiger partial charge in [0, 0.05) is 18.6 Å². The van der Waals surface area contributed by atoms with Crippen LogP contribution < -0.4 is 5.32 Å². The highest BCUT2D eigenvalue weighted by Gasteiger charge is 2.32. The number of nitrogens with one attached hydrogen (secondary N) is 1. The summed E-state index contributed by atoms with van der Waals surface area (Å²) in [6.07, 6.45) is 2.44. The number of aliphatic hydroxyl groups excluding tert-OH is 2. The van der Waals surface area contributed by atoms with Crippen LogP contribution in [0, 0.1) is 5.92 Å². The van der Waals surface area contributed by atoms with E-state index in [1.165, 1.54) is 17.7 Å². The van der Waals surface area contributed by atoms with Crippen LogP contribution in [0.25, 0.3) is 10.3 Å². The Hall–Kier alpha value is -1.31. The van der Waals surface area contributed by atoms with Crippen molar-refractivity contribution in [1.82, 2.24) is 15.0 Å². The van der Waals surface area contributed by atoms with Crippen LogP contribution in [-0.2, 0) is 0 Å². The van der Waals surface area contributed by atoms with Gasteiger partial charge in [0.15, 0.2) is 5.82 Å². The highest BCUT2D eigenvalue weighted by atomic mass is 32.1. The minimum absolute atomic E-state index is 0. The van der Waals surface area contributed by atoms with Gasteiger partial charge in [0.05, 0.1) is 11.6 Å². The lowest BCUT2D eigenvalue weighted by Crippen LogP contribution is -2.17. The molecule has 3 rings (SSSR count). The fourth-order valence-electron chi connectivity index (χ4n) is 2.41. The van der Waals surface area contributed by atoms with Gasteiger partial charge in [-0.3, -0.25) is 0 Å². The molecule has 6 nitrogen and oxygen atoms in total. The van der Waals surface area contributed by atoms with Gasteiger partial charge in [-0.1, -0.05) is 7.43 Å². The third-order valence-electron chi connectivity index (χ3n) is 3.37. The van der Waals surface area contributed by atoms with Crippen molar-refractivity contribution in [2.75, 3.05) is 11.9 Å². The first-order valence-corrected chi connectivity index (χ1v) is 6.75. The number of anilines is 1. The van der Waals surface area contributed by atoms with Crippen molar-refractivity contribution >= 4 is 27.5 Å². The molecule has 3 atom stereocenters. The molecule has 2 aromatic rings. The molecule has 1 aliphatic carbocycles. The second kappa shape index (κ2) is 5.77. The first-order valence-electron chi connectivity index (χ1n) is 5.87. The van der Waals surface area contributed by atoms with E-state index < -0.39 is 6.10 Å². The summed E-state index contributed by atoms with van der Waals surface area (Å²) in [5.41, 5.74) is 2.51. The summed E-state index contributed by atoms with van der Waals surface area (Å²) in [7, 11) is 0. The Morgan fingerprint density at radius 1 is 1.32 bits per heavy atom. The van der Waals surface area contributed by atoms with Gasteiger partial charge in [0.25, 0.3) is 0 Å². The van der Waals surface area contributed by atoms with Crippen LogP contribution in [0.1, 0.15) is 20.3 Å². The van der Waals surface area contributed by atoms with Crippen molar-refractivity contribution in [3.63, 3.8) is 0 Å². The van der Waals surface area contributed by atoms with Crippen molar-refractivity contribution in [1.29, 1.82) is 0 Å². The number of hydrogen-bond donors (Lipinski definition) is 3. The monoisotopic (exact) mass is 282 g/mol. The van der Waals surface area contributed by atoms with Gasteiger partial charge >= 0.3 is 0 Å². The van der Waals surface area contributed by atoms with Crippen LogP contribution in [0.5, 0.6) is 0 Å². The van der Waals surface area contributed by atoms with E-state index in [1.807, 2.05) is 0 Å². The van der Waals surface area contributed by atoms with E-state index in [2.05, 4.69) is 20.3 Å². The summed E-state index contributed by atoms with van der Waals surface area (Å²) in [6, 6.07) is 0.122. The van der Waals surface area contributed by atoms with Crippen molar-refractivity contribution in [2.24, 2.45) is 5.92 Å². The maximum Gasteiger partial charge on any atom is 0.157 e. The van der Waals surface area contributed by atoms with E-state index in [1.54, 1.807) is 5.51 Å². The molecule has 0 aliphatic heterocycles. The maximum atomic E-state index is 9.76. The quantitative estimate of drug-likeness (QED) is 0.785. The molecule has 0 aromatic carbocycles. The third-order valence-corrected chi connectivity index (χ3v) is 4.10. The molecule has 2 heterocycles. The van der Waals surface area contributed by atoms with E-state index in [4.69, 9.17) is 5.11 Å². The highest BCUT2D eigenvalue weighted by molar-refractivity contribution is 7.16. The molecular formula is C12H18N4O2S. The molecule has 1 saturated carbocycles. The predicted octanol–water partition coefficient (Wildman–Crippen LogP) is 1.27. The lowest BCUT2D eigenvalue weighted by molar-refractivity contribution is 0.0908. The Morgan fingerprint density at radius 2 is 2.16 bits per heavy atom. The summed E-state index contributed by atoms with van der Waals surface area (Å²) in [5, 5.41) is 22.2. The third kappa shape index (κ3) is 2.68. The molecule has 1 fully saturated rings. The highest BCUT2D eigenvalue weighted by Crippen LogP contribution is 2.29. The second-order valence-corrected chi connectivity index (χ2v) is 5.38. The van der Waals surface area contributed by atoms with Gasteiger partial charge in [-0.2, -0.15) is 0 Å². The van der Waals surface area contributed by atoms with Crippen LogP contribution in [0.4, 0.5) is 5.82 Å². The molecule has 7 heteroatoms. The average Bonchev–Trinajstić information content (AvgIpc) is 2.96. The molecule has 1 aliphatic rings. The molecule has 0 spiro atoms. The zero-order chi connectivity index (χ0) is 12.5. The molecule has 104 valence electrons. The van der Waals surface area contributed by atoms with Crippen molar-refractivity contribution in [3.8, 4) is 0 Å². The van der Waals surface area contributed by atoms with Crippen molar-refractivity contribution < 1.29 is 10.2 Å². The van der Waals surface area contributed by atoms with Gasteiger partial charge in [-0.25, -0.2) is 15.0 Å². The molecule has 19 heavy (non-hydrogen) atoms. The lowest BCUT2D eigenvalue weighted by atomic mass is 10.1. The molecule has 0 amide bonds. The van der Waals surface area contributed by atoms with E-state index in [0.29, 0.717) is 12.2 Å². The fourth-order valence-corrected chi connectivity index (χ4v) is 3.04. The van der Waals surface area contributed by atoms with Crippen LogP contribution in [0.15, 0.2) is 11.8 Å². The first kappa shape index (κ1) is 14.1. The van der Waals surface area contributed by atoms with Gasteiger partial charge in [-0.05, 0) is 12.8 Å². The SMILES string of the molecule is C.OC[C@H]1C[C@@H](Nc2ncnc3scnc23)C[C@@H]1O. The summed E-state index contributed by atoms with van der Waals surface area (Å²) in [6.45, 7) is 0.0230. The average molecular weight is 282 g/mol. The van der Waals surface area contributed by atoms with Crippen LogP contribution >= 0.6 is 11.3 Å². The Balaban J connectivity index is 0.00000133. The number of nitrogens with zero attached hydrogens (tertiary/aromatic N) is 3. The smallest absolute Gasteiger partial charge is 0.157 e. The number of fused-ring (bicyclic) bond motifs is 1. The van der Waals surface area contributed by atoms with Gasteiger partial charge in [0.2, 0.25) is 0 Å². The zero-order valence-electron chi connectivity index (χ0n) is 9.65. The predicted molar refractivity (Wildman–Crippen MR) is 75.2 cm³/mol. The van der Waals surface area contributed by atoms with Crippen LogP contribution in [0.2, 0.25) is 0 Å². The topological polar surface area (TPSA) is 91.2 Å². The largest absolute Gasteiger partial charge is 0.396 e. The number of thiazole rings is 1. The lowest BCUT2D eigenvalue weighted by Gasteiger charge is -2.12. The minimum Gasteiger partial charge on any atom is -0.396 e. The Labute approximate surface area is 115 Å². The van der Waals surface area contributed by atoms with E-state index in [9.17, 15) is 5.11 Å². The van der Waals surface area contributed by atoms with E-state index in [0.717, 1.165) is 16.8 Å². The summed E-state index contributed by atoms with van der Waals surface area (Å²) in [5.74, 6) is 0.660. The Kier molecular flexibility index (Phi) is 4.28. The van der Waals surface area contributed by atoms with Gasteiger partial charge in [-0.15, -0.1) is 11.3 Å². The first-order chi connectivity index (χ1) is 8.78. The number of aromatic nitrogens is 3. The number of rotatable bonds is 3. The molecule has 0 unspecified atom stereocenters. The van der Waals surface area contributed by atoms with Gasteiger partial charge < -0.3 is 15.5 Å². The fraction of sp³-hybridized carbons (Fsp3) is 0.583. The standard InChI is InChI=1S/C11H14N4O2S.CH4/c16-3-6-1-7(2-8(6)17)15-10-9-11(13-4-12-10)18-5-14-9;/h4-8,16-17H,1-3H2,(H,12,13,15);1H4/t6-,7-,8+;/m1./s1. The Morgan fingerprint density at radius 3 is 2.89 bits per heavy atom. The molecule has 0 radical (unpaired) electrons. The van der Waals surface area contributed by atoms with Gasteiger partial charge in [0.1, 0.15) is 16.7 Å². The van der Waals surface area contributed by atoms with Crippen LogP contribution in [-0.4, -0.2) is 43.9 Å². The number of hydrogen-bond acceptors (Lipinski definition) is 7. The Bertz CT molecular complexity index is 547. The van der Waals surface area contributed by atoms with Crippen molar-refractivity contribution in [2.45, 2.75) is 32.4 Å². The van der Waals surface area contributed by atoms with E-state index >= 15 is 0 Å². The second-order valence-electron chi connectivity index (χ2n) is 4.55. The van der Waals surface area contributed by atoms with Crippen molar-refractivity contribution in [3.05, 3.63) is 11.8 Å². The molecule has 0 saturated heterocycles. The normalized spacial score (nSPS) is 26.3. The summed E-state index contributed by atoms with van der Waals surface area (Å²) in [4.78, 5) is 13.4. The number of aliphatic hydroxyl groups is 2. The maximum absolute atomic E-state index is 9.76. The zero-order valence-corrected chi connectivity index (χ0v) is 10.5. The molecular weight excluding hydrogens is 264 g/mol.